The van der Waals surface area contributed by atoms with Gasteiger partial charge in [0.1, 0.15) is 5.82 Å². The van der Waals surface area contributed by atoms with Gasteiger partial charge in [-0.1, -0.05) is 12.1 Å². The Bertz CT molecular complexity index is 844. The van der Waals surface area contributed by atoms with Crippen molar-refractivity contribution in [3.8, 4) is 0 Å². The van der Waals surface area contributed by atoms with Gasteiger partial charge in [0.2, 0.25) is 5.95 Å². The minimum atomic E-state index is -0.474. The molecule has 6 nitrogen and oxygen atoms in total. The molecule has 0 radical (unpaired) electrons. The second-order valence-corrected chi connectivity index (χ2v) is 7.36. The number of benzene rings is 1. The van der Waals surface area contributed by atoms with Crippen LogP contribution in [0.4, 0.5) is 19.5 Å². The molecule has 3 heterocycles. The highest BCUT2D eigenvalue weighted by Crippen LogP contribution is 2.45. The highest BCUT2D eigenvalue weighted by atomic mass is 19.1. The Morgan fingerprint density at radius 3 is 2.52 bits per heavy atom. The molecule has 0 N–H and O–H groups in total. The third kappa shape index (κ3) is 3.20. The van der Waals surface area contributed by atoms with Crippen LogP contribution in [0, 0.1) is 23.5 Å². The zero-order valence-electron chi connectivity index (χ0n) is 15.2. The van der Waals surface area contributed by atoms with Crippen molar-refractivity contribution < 1.29 is 13.6 Å². The maximum Gasteiger partial charge on any atom is 0.320 e. The van der Waals surface area contributed by atoms with Crippen LogP contribution in [0.2, 0.25) is 0 Å². The molecule has 0 spiro atoms. The summed E-state index contributed by atoms with van der Waals surface area (Å²) >= 11 is 0. The lowest BCUT2D eigenvalue weighted by molar-refractivity contribution is 0.159. The lowest BCUT2D eigenvalue weighted by atomic mass is 9.89. The minimum Gasteiger partial charge on any atom is -0.340 e. The van der Waals surface area contributed by atoms with Crippen molar-refractivity contribution >= 4 is 12.0 Å². The predicted octanol–water partition coefficient (Wildman–Crippen LogP) is 2.55. The molecule has 142 valence electrons. The summed E-state index contributed by atoms with van der Waals surface area (Å²) in [5.74, 6) is 0.0397. The van der Waals surface area contributed by atoms with Crippen molar-refractivity contribution in [2.75, 3.05) is 38.6 Å². The Labute approximate surface area is 156 Å². The van der Waals surface area contributed by atoms with Crippen molar-refractivity contribution in [3.63, 3.8) is 0 Å². The molecule has 2 aliphatic rings. The van der Waals surface area contributed by atoms with Crippen molar-refractivity contribution in [2.45, 2.75) is 6.04 Å². The normalized spacial score (nSPS) is 24.2. The summed E-state index contributed by atoms with van der Waals surface area (Å²) in [4.78, 5) is 26.2. The SMILES string of the molecule is CN(C)C(=O)N1C[C@H]2CN(c3ncc(F)cn3)C[C@H]2[C@H]1c1cccc(F)c1. The summed E-state index contributed by atoms with van der Waals surface area (Å²) in [6.07, 6.45) is 2.31. The van der Waals surface area contributed by atoms with E-state index in [0.29, 0.717) is 25.6 Å². The van der Waals surface area contributed by atoms with E-state index in [1.54, 1.807) is 25.1 Å². The molecular formula is C19H21F2N5O. The first kappa shape index (κ1) is 17.6. The van der Waals surface area contributed by atoms with Gasteiger partial charge in [-0.25, -0.2) is 23.5 Å². The molecule has 2 amide bonds. The Hall–Kier alpha value is -2.77. The quantitative estimate of drug-likeness (QED) is 0.812. The summed E-state index contributed by atoms with van der Waals surface area (Å²) in [6, 6.07) is 6.14. The van der Waals surface area contributed by atoms with E-state index in [-0.39, 0.29) is 29.7 Å². The van der Waals surface area contributed by atoms with Gasteiger partial charge in [-0.15, -0.1) is 0 Å². The van der Waals surface area contributed by atoms with Gasteiger partial charge in [0, 0.05) is 45.6 Å². The van der Waals surface area contributed by atoms with Crippen LogP contribution in [0.5, 0.6) is 0 Å². The average Bonchev–Trinajstić information content (AvgIpc) is 3.19. The number of rotatable bonds is 2. The van der Waals surface area contributed by atoms with Crippen molar-refractivity contribution in [1.82, 2.24) is 19.8 Å². The standard InChI is InChI=1S/C19H21F2N5O/c1-24(2)19(27)26-10-13-9-25(18-22-7-15(21)8-23-18)11-16(13)17(26)12-4-3-5-14(20)6-12/h3-8,13,16-17H,9-11H2,1-2H3/t13-,16-,17-/m1/s1. The fourth-order valence-corrected chi connectivity index (χ4v) is 4.25. The minimum absolute atomic E-state index is 0.0803. The maximum absolute atomic E-state index is 13.9. The number of fused-ring (bicyclic) bond motifs is 1. The molecule has 27 heavy (non-hydrogen) atoms. The molecule has 1 aromatic carbocycles. The van der Waals surface area contributed by atoms with Crippen LogP contribution in [0.15, 0.2) is 36.7 Å². The third-order valence-electron chi connectivity index (χ3n) is 5.37. The molecule has 3 atom stereocenters. The smallest absolute Gasteiger partial charge is 0.320 e. The molecule has 2 fully saturated rings. The van der Waals surface area contributed by atoms with Gasteiger partial charge in [0.25, 0.3) is 0 Å². The fraction of sp³-hybridized carbons (Fsp3) is 0.421. The Balaban J connectivity index is 1.64. The highest BCUT2D eigenvalue weighted by Gasteiger charge is 2.50. The summed E-state index contributed by atoms with van der Waals surface area (Å²) < 4.78 is 27.0. The lowest BCUT2D eigenvalue weighted by Gasteiger charge is -2.31. The molecule has 2 saturated heterocycles. The van der Waals surface area contributed by atoms with Crippen LogP contribution in [0.25, 0.3) is 0 Å². The van der Waals surface area contributed by atoms with Crippen LogP contribution < -0.4 is 4.90 Å². The Kier molecular flexibility index (Phi) is 4.41. The Morgan fingerprint density at radius 2 is 1.85 bits per heavy atom. The molecule has 0 unspecified atom stereocenters. The summed E-state index contributed by atoms with van der Waals surface area (Å²) in [5.41, 5.74) is 0.791. The lowest BCUT2D eigenvalue weighted by Crippen LogP contribution is -2.41. The van der Waals surface area contributed by atoms with Crippen LogP contribution in [-0.2, 0) is 0 Å². The van der Waals surface area contributed by atoms with E-state index in [9.17, 15) is 13.6 Å². The number of nitrogens with zero attached hydrogens (tertiary/aromatic N) is 5. The fourth-order valence-electron chi connectivity index (χ4n) is 4.25. The Morgan fingerprint density at radius 1 is 1.11 bits per heavy atom. The molecule has 4 rings (SSSR count). The van der Waals surface area contributed by atoms with Gasteiger partial charge in [-0.05, 0) is 17.7 Å². The van der Waals surface area contributed by atoms with Crippen molar-refractivity contribution in [1.29, 1.82) is 0 Å². The topological polar surface area (TPSA) is 52.6 Å². The van der Waals surface area contributed by atoms with E-state index in [0.717, 1.165) is 18.0 Å². The zero-order chi connectivity index (χ0) is 19.1. The highest BCUT2D eigenvalue weighted by molar-refractivity contribution is 5.75. The number of anilines is 1. The molecule has 0 saturated carbocycles. The number of likely N-dealkylation sites (tertiary alicyclic amines) is 1. The number of carbonyl (C=O) groups is 1. The van der Waals surface area contributed by atoms with Gasteiger partial charge in [-0.3, -0.25) is 0 Å². The first-order valence-electron chi connectivity index (χ1n) is 8.90. The number of halogens is 2. The average molecular weight is 373 g/mol. The molecule has 2 aromatic rings. The van der Waals surface area contributed by atoms with Crippen LogP contribution in [-0.4, -0.2) is 59.5 Å². The van der Waals surface area contributed by atoms with Gasteiger partial charge in [0.05, 0.1) is 18.4 Å². The molecule has 2 aliphatic heterocycles. The number of carbonyl (C=O) groups excluding carboxylic acids is 1. The second-order valence-electron chi connectivity index (χ2n) is 7.36. The predicted molar refractivity (Wildman–Crippen MR) is 96.1 cm³/mol. The van der Waals surface area contributed by atoms with Gasteiger partial charge >= 0.3 is 6.03 Å². The summed E-state index contributed by atoms with van der Waals surface area (Å²) in [6.45, 7) is 1.90. The zero-order valence-corrected chi connectivity index (χ0v) is 15.2. The number of urea groups is 1. The van der Waals surface area contributed by atoms with E-state index >= 15 is 0 Å². The van der Waals surface area contributed by atoms with E-state index < -0.39 is 5.82 Å². The van der Waals surface area contributed by atoms with Crippen LogP contribution in [0.3, 0.4) is 0 Å². The van der Waals surface area contributed by atoms with Crippen LogP contribution in [0.1, 0.15) is 11.6 Å². The van der Waals surface area contributed by atoms with E-state index in [2.05, 4.69) is 9.97 Å². The third-order valence-corrected chi connectivity index (χ3v) is 5.37. The maximum atomic E-state index is 13.9. The molecule has 0 aliphatic carbocycles. The first-order chi connectivity index (χ1) is 12.9. The summed E-state index contributed by atoms with van der Waals surface area (Å²) in [5, 5.41) is 0. The number of aromatic nitrogens is 2. The largest absolute Gasteiger partial charge is 0.340 e. The van der Waals surface area contributed by atoms with Crippen LogP contribution >= 0.6 is 0 Å². The van der Waals surface area contributed by atoms with Crippen molar-refractivity contribution in [3.05, 3.63) is 53.9 Å². The van der Waals surface area contributed by atoms with Crippen molar-refractivity contribution in [2.24, 2.45) is 11.8 Å². The molecule has 8 heteroatoms. The van der Waals surface area contributed by atoms with Gasteiger partial charge in [0.15, 0.2) is 5.82 Å². The van der Waals surface area contributed by atoms with E-state index in [1.165, 1.54) is 12.1 Å². The number of hydrogen-bond acceptors (Lipinski definition) is 4. The molecular weight excluding hydrogens is 352 g/mol. The second kappa shape index (κ2) is 6.75. The first-order valence-corrected chi connectivity index (χ1v) is 8.90. The van der Waals surface area contributed by atoms with Gasteiger partial charge in [-0.2, -0.15) is 0 Å². The van der Waals surface area contributed by atoms with Gasteiger partial charge < -0.3 is 14.7 Å². The number of hydrogen-bond donors (Lipinski definition) is 0. The number of amides is 2. The van der Waals surface area contributed by atoms with E-state index in [1.807, 2.05) is 15.9 Å². The van der Waals surface area contributed by atoms with E-state index in [4.69, 9.17) is 0 Å². The monoisotopic (exact) mass is 373 g/mol. The molecule has 1 aromatic heterocycles. The summed E-state index contributed by atoms with van der Waals surface area (Å²) in [7, 11) is 3.44. The molecule has 0 bridgehead atoms.